The highest BCUT2D eigenvalue weighted by Crippen LogP contribution is 2.30. The maximum absolute atomic E-state index is 12.9. The molecule has 0 spiro atoms. The Morgan fingerprint density at radius 1 is 1.37 bits per heavy atom. The third-order valence-corrected chi connectivity index (χ3v) is 6.36. The number of nitrogens with zero attached hydrogens (tertiary/aromatic N) is 1. The highest BCUT2D eigenvalue weighted by molar-refractivity contribution is 7.91. The van der Waals surface area contributed by atoms with Crippen molar-refractivity contribution in [3.05, 3.63) is 62.0 Å². The zero-order chi connectivity index (χ0) is 22.2. The number of aromatic carboxylic acids is 1. The van der Waals surface area contributed by atoms with Crippen molar-refractivity contribution >= 4 is 45.4 Å². The zero-order valence-corrected chi connectivity index (χ0v) is 18.5. The van der Waals surface area contributed by atoms with Gasteiger partial charge in [-0.1, -0.05) is 17.7 Å². The van der Waals surface area contributed by atoms with Gasteiger partial charge in [0.15, 0.2) is 0 Å². The molecule has 0 aliphatic carbocycles. The number of pyridine rings is 1. The number of aromatic nitrogens is 1. The minimum Gasteiger partial charge on any atom is -0.609 e. The lowest BCUT2D eigenvalue weighted by Gasteiger charge is -2.19. The molecule has 1 aromatic carbocycles. The molecule has 2 atom stereocenters. The van der Waals surface area contributed by atoms with E-state index < -0.39 is 17.1 Å². The normalized spacial score (nSPS) is 13.3. The summed E-state index contributed by atoms with van der Waals surface area (Å²) in [6.45, 7) is 7.09. The molecule has 2 heterocycles. The number of carbonyl (C=O) groups is 1. The second-order valence-electron chi connectivity index (χ2n) is 6.94. The smallest absolute Gasteiger partial charge is 0.338 e. The number of carboxylic acid groups (broad SMARTS) is 1. The van der Waals surface area contributed by atoms with Gasteiger partial charge in [0, 0.05) is 16.7 Å². The highest BCUT2D eigenvalue weighted by Gasteiger charge is 2.24. The number of hydrogen-bond donors (Lipinski definition) is 2. The van der Waals surface area contributed by atoms with E-state index in [1.807, 2.05) is 19.9 Å². The summed E-state index contributed by atoms with van der Waals surface area (Å²) in [6.07, 6.45) is 1.43. The fourth-order valence-electron chi connectivity index (χ4n) is 3.22. The van der Waals surface area contributed by atoms with Gasteiger partial charge in [-0.05, 0) is 45.4 Å². The van der Waals surface area contributed by atoms with Gasteiger partial charge in [0.05, 0.1) is 34.4 Å². The number of rotatable bonds is 6. The van der Waals surface area contributed by atoms with Crippen LogP contribution in [0.4, 0.5) is 5.69 Å². The first-order chi connectivity index (χ1) is 14.1. The van der Waals surface area contributed by atoms with Crippen LogP contribution in [0, 0.1) is 13.8 Å². The second kappa shape index (κ2) is 8.67. The van der Waals surface area contributed by atoms with Crippen LogP contribution in [0.3, 0.4) is 0 Å². The van der Waals surface area contributed by atoms with Crippen LogP contribution in [0.2, 0.25) is 5.15 Å². The molecule has 2 unspecified atom stereocenters. The van der Waals surface area contributed by atoms with Crippen molar-refractivity contribution in [2.75, 3.05) is 11.1 Å². The van der Waals surface area contributed by atoms with Crippen molar-refractivity contribution in [2.24, 2.45) is 0 Å². The molecule has 0 saturated heterocycles. The molecule has 0 bridgehead atoms. The van der Waals surface area contributed by atoms with Crippen LogP contribution in [-0.4, -0.2) is 26.4 Å². The zero-order valence-electron chi connectivity index (χ0n) is 16.9. The van der Waals surface area contributed by atoms with Crippen molar-refractivity contribution in [3.63, 3.8) is 0 Å². The minimum absolute atomic E-state index is 0.102. The summed E-state index contributed by atoms with van der Waals surface area (Å²) in [5.74, 6) is -0.850. The van der Waals surface area contributed by atoms with E-state index in [9.17, 15) is 19.2 Å². The molecule has 2 N–H and O–H groups in total. The summed E-state index contributed by atoms with van der Waals surface area (Å²) in [6, 6.07) is 4.64. The Hall–Kier alpha value is -2.55. The van der Waals surface area contributed by atoms with Crippen molar-refractivity contribution in [1.82, 2.24) is 4.98 Å². The molecule has 0 aliphatic heterocycles. The van der Waals surface area contributed by atoms with Gasteiger partial charge >= 0.3 is 11.1 Å². The van der Waals surface area contributed by atoms with Gasteiger partial charge in [-0.2, -0.15) is 0 Å². The van der Waals surface area contributed by atoms with Crippen LogP contribution in [-0.2, 0) is 11.2 Å². The molecule has 30 heavy (non-hydrogen) atoms. The molecule has 0 fully saturated rings. The Kier molecular flexibility index (Phi) is 6.40. The molecule has 7 nitrogen and oxygen atoms in total. The van der Waals surface area contributed by atoms with E-state index >= 15 is 0 Å². The topological polar surface area (TPSA) is 115 Å². The van der Waals surface area contributed by atoms with Crippen LogP contribution >= 0.6 is 11.6 Å². The van der Waals surface area contributed by atoms with E-state index in [0.29, 0.717) is 33.5 Å². The first-order valence-corrected chi connectivity index (χ1v) is 10.9. The summed E-state index contributed by atoms with van der Waals surface area (Å²) in [5.41, 5.74) is 2.36. The SMILES string of the molecule is CC[S+]([O-])c1oc2c(C(C)Nc3cnc(Cl)c(C(=O)O)c3)cc(C)cc2c(=O)c1C. The Balaban J connectivity index is 2.13. The van der Waals surface area contributed by atoms with Crippen LogP contribution in [0.1, 0.15) is 46.9 Å². The fraction of sp³-hybridized carbons (Fsp3) is 0.286. The van der Waals surface area contributed by atoms with Crippen LogP contribution < -0.4 is 10.7 Å². The molecule has 0 amide bonds. The van der Waals surface area contributed by atoms with E-state index in [0.717, 1.165) is 5.56 Å². The molecule has 0 aliphatic rings. The molecule has 3 aromatic rings. The largest absolute Gasteiger partial charge is 0.609 e. The Bertz CT molecular complexity index is 1190. The van der Waals surface area contributed by atoms with Gasteiger partial charge in [-0.25, -0.2) is 9.78 Å². The number of halogens is 1. The van der Waals surface area contributed by atoms with Gasteiger partial charge in [0.25, 0.3) is 0 Å². The van der Waals surface area contributed by atoms with E-state index in [-0.39, 0.29) is 27.3 Å². The lowest BCUT2D eigenvalue weighted by Crippen LogP contribution is -2.16. The standard InChI is InChI=1S/C21H21ClN2O5S/c1-5-30(28)21-11(3)17(25)15-7-10(2)6-14(18(15)29-21)12(4)24-13-8-16(20(26)27)19(22)23-9-13/h6-9,12,24H,5H2,1-4H3,(H,26,27). The average molecular weight is 449 g/mol. The van der Waals surface area contributed by atoms with E-state index in [1.165, 1.54) is 12.3 Å². The summed E-state index contributed by atoms with van der Waals surface area (Å²) in [5, 5.41) is 12.9. The number of carboxylic acids is 1. The molecular weight excluding hydrogens is 428 g/mol. The molecule has 0 saturated carbocycles. The fourth-order valence-corrected chi connectivity index (χ4v) is 4.28. The van der Waals surface area contributed by atoms with Crippen LogP contribution in [0.5, 0.6) is 0 Å². The van der Waals surface area contributed by atoms with Crippen LogP contribution in [0.25, 0.3) is 11.0 Å². The Morgan fingerprint density at radius 3 is 2.70 bits per heavy atom. The maximum atomic E-state index is 12.9. The number of aryl methyl sites for hydroxylation is 1. The third-order valence-electron chi connectivity index (χ3n) is 4.74. The maximum Gasteiger partial charge on any atom is 0.338 e. The molecular formula is C21H21ClN2O5S. The predicted octanol–water partition coefficient (Wildman–Crippen LogP) is 4.46. The Morgan fingerprint density at radius 2 is 2.07 bits per heavy atom. The van der Waals surface area contributed by atoms with E-state index in [1.54, 1.807) is 19.9 Å². The van der Waals surface area contributed by atoms with Gasteiger partial charge in [-0.3, -0.25) is 4.79 Å². The van der Waals surface area contributed by atoms with Gasteiger partial charge in [0.2, 0.25) is 5.43 Å². The molecule has 158 valence electrons. The van der Waals surface area contributed by atoms with Crippen LogP contribution in [0.15, 0.2) is 38.7 Å². The number of nitrogens with one attached hydrogen (secondary N) is 1. The highest BCUT2D eigenvalue weighted by atomic mass is 35.5. The lowest BCUT2D eigenvalue weighted by molar-refractivity contribution is 0.0696. The second-order valence-corrected chi connectivity index (χ2v) is 8.94. The summed E-state index contributed by atoms with van der Waals surface area (Å²) >= 11 is 4.42. The van der Waals surface area contributed by atoms with E-state index in [2.05, 4.69) is 10.3 Å². The van der Waals surface area contributed by atoms with Gasteiger partial charge < -0.3 is 19.4 Å². The molecule has 9 heteroatoms. The lowest BCUT2D eigenvalue weighted by atomic mass is 10.0. The van der Waals surface area contributed by atoms with Crippen molar-refractivity contribution in [3.8, 4) is 0 Å². The third kappa shape index (κ3) is 4.16. The monoisotopic (exact) mass is 448 g/mol. The average Bonchev–Trinajstić information content (AvgIpc) is 2.71. The molecule has 3 rings (SSSR count). The first-order valence-electron chi connectivity index (χ1n) is 9.25. The van der Waals surface area contributed by atoms with Gasteiger partial charge in [-0.15, -0.1) is 0 Å². The number of fused-ring (bicyclic) bond motifs is 1. The van der Waals surface area contributed by atoms with Gasteiger partial charge in [0.1, 0.15) is 16.5 Å². The summed E-state index contributed by atoms with van der Waals surface area (Å²) in [4.78, 5) is 28.1. The Labute approximate surface area is 181 Å². The number of anilines is 1. The van der Waals surface area contributed by atoms with Crippen molar-refractivity contribution in [1.29, 1.82) is 0 Å². The summed E-state index contributed by atoms with van der Waals surface area (Å²) in [7, 11) is 0. The van der Waals surface area contributed by atoms with E-state index in [4.69, 9.17) is 16.0 Å². The number of hydrogen-bond acceptors (Lipinski definition) is 6. The number of benzene rings is 1. The van der Waals surface area contributed by atoms with Crippen molar-refractivity contribution < 1.29 is 18.9 Å². The summed E-state index contributed by atoms with van der Waals surface area (Å²) < 4.78 is 18.4. The quantitative estimate of drug-likeness (QED) is 0.422. The molecule has 0 radical (unpaired) electrons. The van der Waals surface area contributed by atoms with Crippen molar-refractivity contribution in [2.45, 2.75) is 38.8 Å². The first kappa shape index (κ1) is 22.1. The minimum atomic E-state index is -1.42. The molecule has 2 aromatic heterocycles. The predicted molar refractivity (Wildman–Crippen MR) is 117 cm³/mol.